The number of rotatable bonds is 4. The fourth-order valence-corrected chi connectivity index (χ4v) is 1.49. The molecule has 0 aromatic rings. The zero-order chi connectivity index (χ0) is 9.68. The molecule has 0 saturated carbocycles. The van der Waals surface area contributed by atoms with Gasteiger partial charge in [0.15, 0.2) is 0 Å². The third-order valence-corrected chi connectivity index (χ3v) is 2.49. The minimum Gasteiger partial charge on any atom is -0.460 e. The summed E-state index contributed by atoms with van der Waals surface area (Å²) < 4.78 is 10.4. The topological polar surface area (TPSA) is 35.5 Å². The van der Waals surface area contributed by atoms with Crippen molar-refractivity contribution in [2.75, 3.05) is 13.2 Å². The van der Waals surface area contributed by atoms with Crippen LogP contribution in [0.2, 0.25) is 0 Å². The lowest BCUT2D eigenvalue weighted by Gasteiger charge is -2.15. The average Bonchev–Trinajstić information content (AvgIpc) is 2.59. The zero-order valence-corrected chi connectivity index (χ0v) is 8.41. The Morgan fingerprint density at radius 3 is 2.69 bits per heavy atom. The van der Waals surface area contributed by atoms with Gasteiger partial charge in [0, 0.05) is 6.42 Å². The average molecular weight is 186 g/mol. The molecule has 0 aliphatic carbocycles. The second kappa shape index (κ2) is 5.22. The molecule has 0 bridgehead atoms. The van der Waals surface area contributed by atoms with Crippen LogP contribution in [0.4, 0.5) is 0 Å². The van der Waals surface area contributed by atoms with Crippen molar-refractivity contribution in [3.05, 3.63) is 0 Å². The van der Waals surface area contributed by atoms with Crippen LogP contribution in [0.1, 0.15) is 33.1 Å². The molecule has 0 spiro atoms. The van der Waals surface area contributed by atoms with E-state index < -0.39 is 0 Å². The van der Waals surface area contributed by atoms with E-state index in [4.69, 9.17) is 9.47 Å². The SMILES string of the molecule is CCC(CC)C(=O)OC1CCOC1. The van der Waals surface area contributed by atoms with Crippen LogP contribution in [0.3, 0.4) is 0 Å². The molecule has 1 saturated heterocycles. The summed E-state index contributed by atoms with van der Waals surface area (Å²) in [5, 5.41) is 0. The van der Waals surface area contributed by atoms with Crippen molar-refractivity contribution >= 4 is 5.97 Å². The lowest BCUT2D eigenvalue weighted by Crippen LogP contribution is -2.23. The minimum absolute atomic E-state index is 0.00750. The van der Waals surface area contributed by atoms with E-state index >= 15 is 0 Å². The van der Waals surface area contributed by atoms with Crippen LogP contribution < -0.4 is 0 Å². The van der Waals surface area contributed by atoms with Gasteiger partial charge >= 0.3 is 5.97 Å². The summed E-state index contributed by atoms with van der Waals surface area (Å²) >= 11 is 0. The molecule has 1 heterocycles. The highest BCUT2D eigenvalue weighted by atomic mass is 16.6. The van der Waals surface area contributed by atoms with Gasteiger partial charge in [-0.25, -0.2) is 0 Å². The number of esters is 1. The molecule has 13 heavy (non-hydrogen) atoms. The number of carbonyl (C=O) groups excluding carboxylic acids is 1. The Balaban J connectivity index is 2.29. The van der Waals surface area contributed by atoms with Crippen molar-refractivity contribution in [1.29, 1.82) is 0 Å². The summed E-state index contributed by atoms with van der Waals surface area (Å²) in [6, 6.07) is 0. The highest BCUT2D eigenvalue weighted by Gasteiger charge is 2.23. The van der Waals surface area contributed by atoms with Gasteiger partial charge in [0.1, 0.15) is 6.10 Å². The van der Waals surface area contributed by atoms with E-state index in [0.717, 1.165) is 25.9 Å². The van der Waals surface area contributed by atoms with E-state index in [1.807, 2.05) is 13.8 Å². The molecule has 1 aliphatic heterocycles. The van der Waals surface area contributed by atoms with Gasteiger partial charge in [-0.1, -0.05) is 13.8 Å². The summed E-state index contributed by atoms with van der Waals surface area (Å²) in [5.74, 6) is 0.0149. The maximum Gasteiger partial charge on any atom is 0.309 e. The minimum atomic E-state index is -0.0551. The second-order valence-corrected chi connectivity index (χ2v) is 3.44. The van der Waals surface area contributed by atoms with E-state index in [1.165, 1.54) is 0 Å². The molecule has 1 rings (SSSR count). The van der Waals surface area contributed by atoms with Gasteiger partial charge in [0.25, 0.3) is 0 Å². The van der Waals surface area contributed by atoms with Crippen LogP contribution in [0.5, 0.6) is 0 Å². The second-order valence-electron chi connectivity index (χ2n) is 3.44. The summed E-state index contributed by atoms with van der Waals surface area (Å²) in [6.45, 7) is 5.33. The molecule has 0 radical (unpaired) electrons. The first-order valence-corrected chi connectivity index (χ1v) is 5.06. The Kier molecular flexibility index (Phi) is 4.22. The Morgan fingerprint density at radius 2 is 2.23 bits per heavy atom. The zero-order valence-electron chi connectivity index (χ0n) is 8.41. The standard InChI is InChI=1S/C10H18O3/c1-3-8(4-2)10(11)13-9-5-6-12-7-9/h8-9H,3-7H2,1-2H3. The number of carbonyl (C=O) groups is 1. The molecule has 0 aromatic heterocycles. The first kappa shape index (κ1) is 10.5. The van der Waals surface area contributed by atoms with Crippen LogP contribution >= 0.6 is 0 Å². The fraction of sp³-hybridized carbons (Fsp3) is 0.900. The first-order valence-electron chi connectivity index (χ1n) is 5.06. The van der Waals surface area contributed by atoms with E-state index in [-0.39, 0.29) is 18.0 Å². The van der Waals surface area contributed by atoms with Crippen molar-refractivity contribution in [1.82, 2.24) is 0 Å². The summed E-state index contributed by atoms with van der Waals surface area (Å²) in [7, 11) is 0. The van der Waals surface area contributed by atoms with Crippen molar-refractivity contribution in [2.45, 2.75) is 39.2 Å². The molecule has 1 atom stereocenters. The van der Waals surface area contributed by atoms with Crippen LogP contribution in [0.25, 0.3) is 0 Å². The van der Waals surface area contributed by atoms with E-state index in [0.29, 0.717) is 6.61 Å². The predicted octanol–water partition coefficient (Wildman–Crippen LogP) is 1.75. The van der Waals surface area contributed by atoms with Crippen LogP contribution in [0.15, 0.2) is 0 Å². The van der Waals surface area contributed by atoms with E-state index in [1.54, 1.807) is 0 Å². The molecule has 0 aromatic carbocycles. The summed E-state index contributed by atoms with van der Waals surface area (Å²) in [5.41, 5.74) is 0. The normalized spacial score (nSPS) is 22.2. The van der Waals surface area contributed by atoms with Gasteiger partial charge in [-0.15, -0.1) is 0 Å². The van der Waals surface area contributed by atoms with Crippen molar-refractivity contribution in [3.8, 4) is 0 Å². The van der Waals surface area contributed by atoms with Gasteiger partial charge in [-0.05, 0) is 12.8 Å². The molecule has 3 heteroatoms. The molecule has 1 unspecified atom stereocenters. The Morgan fingerprint density at radius 1 is 1.54 bits per heavy atom. The lowest BCUT2D eigenvalue weighted by molar-refractivity contribution is -0.154. The van der Waals surface area contributed by atoms with Crippen LogP contribution in [0, 0.1) is 5.92 Å². The fourth-order valence-electron chi connectivity index (χ4n) is 1.49. The Bertz CT molecular complexity index is 158. The Hall–Kier alpha value is -0.570. The van der Waals surface area contributed by atoms with Crippen molar-refractivity contribution in [3.63, 3.8) is 0 Å². The summed E-state index contributed by atoms with van der Waals surface area (Å²) in [4.78, 5) is 11.5. The van der Waals surface area contributed by atoms with Crippen molar-refractivity contribution in [2.24, 2.45) is 5.92 Å². The van der Waals surface area contributed by atoms with Gasteiger partial charge in [0.05, 0.1) is 19.1 Å². The van der Waals surface area contributed by atoms with E-state index in [2.05, 4.69) is 0 Å². The molecule has 1 aliphatic rings. The molecule has 3 nitrogen and oxygen atoms in total. The molecule has 1 fully saturated rings. The predicted molar refractivity (Wildman–Crippen MR) is 49.4 cm³/mol. The number of hydrogen-bond acceptors (Lipinski definition) is 3. The molecule has 0 N–H and O–H groups in total. The maximum absolute atomic E-state index is 11.5. The van der Waals surface area contributed by atoms with Crippen LogP contribution in [-0.2, 0) is 14.3 Å². The lowest BCUT2D eigenvalue weighted by atomic mass is 10.0. The summed E-state index contributed by atoms with van der Waals surface area (Å²) in [6.07, 6.45) is 2.59. The van der Waals surface area contributed by atoms with Gasteiger partial charge < -0.3 is 9.47 Å². The third-order valence-electron chi connectivity index (χ3n) is 2.49. The molecule has 76 valence electrons. The van der Waals surface area contributed by atoms with E-state index in [9.17, 15) is 4.79 Å². The smallest absolute Gasteiger partial charge is 0.309 e. The quantitative estimate of drug-likeness (QED) is 0.627. The largest absolute Gasteiger partial charge is 0.460 e. The highest BCUT2D eigenvalue weighted by Crippen LogP contribution is 2.14. The molecule has 0 amide bonds. The van der Waals surface area contributed by atoms with Gasteiger partial charge in [-0.3, -0.25) is 4.79 Å². The highest BCUT2D eigenvalue weighted by molar-refractivity contribution is 5.72. The van der Waals surface area contributed by atoms with Crippen LogP contribution in [-0.4, -0.2) is 25.3 Å². The Labute approximate surface area is 79.4 Å². The first-order chi connectivity index (χ1) is 6.27. The van der Waals surface area contributed by atoms with Gasteiger partial charge in [-0.2, -0.15) is 0 Å². The number of ether oxygens (including phenoxy) is 2. The molecular weight excluding hydrogens is 168 g/mol. The maximum atomic E-state index is 11.5. The van der Waals surface area contributed by atoms with Crippen molar-refractivity contribution < 1.29 is 14.3 Å². The monoisotopic (exact) mass is 186 g/mol. The third kappa shape index (κ3) is 2.99. The number of hydrogen-bond donors (Lipinski definition) is 0. The molecular formula is C10H18O3. The van der Waals surface area contributed by atoms with Gasteiger partial charge in [0.2, 0.25) is 0 Å².